The van der Waals surface area contributed by atoms with Crippen molar-refractivity contribution >= 4 is 29.0 Å². The van der Waals surface area contributed by atoms with Crippen molar-refractivity contribution in [3.63, 3.8) is 0 Å². The first kappa shape index (κ1) is 10.1. The predicted molar refractivity (Wildman–Crippen MR) is 56.9 cm³/mol. The summed E-state index contributed by atoms with van der Waals surface area (Å²) in [5, 5.41) is 1.65. The van der Waals surface area contributed by atoms with Gasteiger partial charge in [-0.3, -0.25) is 4.79 Å². The number of hydrogen-bond donors (Lipinski definition) is 0. The van der Waals surface area contributed by atoms with Gasteiger partial charge in [0, 0.05) is 16.8 Å². The zero-order valence-corrected chi connectivity index (χ0v) is 8.66. The van der Waals surface area contributed by atoms with Crippen molar-refractivity contribution in [3.8, 4) is 0 Å². The van der Waals surface area contributed by atoms with Crippen LogP contribution in [0.3, 0.4) is 0 Å². The fraction of sp³-hybridized carbons (Fsp3) is 0.182. The summed E-state index contributed by atoms with van der Waals surface area (Å²) in [6, 6.07) is 7.39. The van der Waals surface area contributed by atoms with Gasteiger partial charge < -0.3 is 9.15 Å². The maximum Gasteiger partial charge on any atom is 0.293 e. The number of ether oxygens (including phenoxy) is 1. The third-order valence-electron chi connectivity index (χ3n) is 2.07. The van der Waals surface area contributed by atoms with Gasteiger partial charge in [-0.15, -0.1) is 0 Å². The molecule has 3 nitrogen and oxygen atoms in total. The summed E-state index contributed by atoms with van der Waals surface area (Å²) >= 11 is 5.82. The van der Waals surface area contributed by atoms with Crippen LogP contribution in [0.2, 0.25) is 5.02 Å². The SMILES string of the molecule is O=COCCc1cc2ccc(Cl)cc2o1. The van der Waals surface area contributed by atoms with Gasteiger partial charge in [0.1, 0.15) is 11.3 Å². The number of hydrogen-bond acceptors (Lipinski definition) is 3. The van der Waals surface area contributed by atoms with Crippen LogP contribution in [0.4, 0.5) is 0 Å². The maximum atomic E-state index is 9.94. The first-order valence-electron chi connectivity index (χ1n) is 4.53. The van der Waals surface area contributed by atoms with E-state index in [1.54, 1.807) is 6.07 Å². The van der Waals surface area contributed by atoms with Gasteiger partial charge in [0.15, 0.2) is 0 Å². The zero-order valence-electron chi connectivity index (χ0n) is 7.90. The Morgan fingerprint density at radius 3 is 3.07 bits per heavy atom. The Morgan fingerprint density at radius 2 is 2.27 bits per heavy atom. The van der Waals surface area contributed by atoms with E-state index >= 15 is 0 Å². The van der Waals surface area contributed by atoms with Crippen LogP contribution in [-0.4, -0.2) is 13.1 Å². The molecule has 0 aliphatic heterocycles. The quantitative estimate of drug-likeness (QED) is 0.592. The predicted octanol–water partition coefficient (Wildman–Crippen LogP) is 2.80. The van der Waals surface area contributed by atoms with Crippen molar-refractivity contribution in [2.45, 2.75) is 6.42 Å². The highest BCUT2D eigenvalue weighted by Crippen LogP contribution is 2.23. The molecule has 1 heterocycles. The zero-order chi connectivity index (χ0) is 10.7. The van der Waals surface area contributed by atoms with Crippen LogP contribution in [0, 0.1) is 0 Å². The van der Waals surface area contributed by atoms with E-state index in [-0.39, 0.29) is 0 Å². The molecule has 15 heavy (non-hydrogen) atoms. The molecule has 0 bridgehead atoms. The molecule has 0 radical (unpaired) electrons. The minimum Gasteiger partial charge on any atom is -0.467 e. The monoisotopic (exact) mass is 224 g/mol. The van der Waals surface area contributed by atoms with Gasteiger partial charge in [0.05, 0.1) is 6.61 Å². The molecule has 1 aromatic heterocycles. The number of furan rings is 1. The number of fused-ring (bicyclic) bond motifs is 1. The van der Waals surface area contributed by atoms with Gasteiger partial charge in [0.2, 0.25) is 0 Å². The molecule has 4 heteroatoms. The van der Waals surface area contributed by atoms with E-state index in [0.717, 1.165) is 16.7 Å². The van der Waals surface area contributed by atoms with E-state index in [1.807, 2.05) is 18.2 Å². The average molecular weight is 225 g/mol. The van der Waals surface area contributed by atoms with Crippen LogP contribution >= 0.6 is 11.6 Å². The lowest BCUT2D eigenvalue weighted by atomic mass is 10.2. The van der Waals surface area contributed by atoms with Gasteiger partial charge in [-0.2, -0.15) is 0 Å². The molecule has 0 aliphatic carbocycles. The Labute approximate surface area is 91.6 Å². The van der Waals surface area contributed by atoms with E-state index in [1.165, 1.54) is 0 Å². The van der Waals surface area contributed by atoms with Crippen LogP contribution in [0.1, 0.15) is 5.76 Å². The maximum absolute atomic E-state index is 9.94. The molecule has 2 aromatic rings. The first-order valence-corrected chi connectivity index (χ1v) is 4.90. The third-order valence-corrected chi connectivity index (χ3v) is 2.30. The Hall–Kier alpha value is -1.48. The molecule has 0 aliphatic rings. The summed E-state index contributed by atoms with van der Waals surface area (Å²) in [6.07, 6.45) is 0.574. The molecule has 0 atom stereocenters. The Morgan fingerprint density at radius 1 is 1.40 bits per heavy atom. The lowest BCUT2D eigenvalue weighted by Gasteiger charge is -1.93. The lowest BCUT2D eigenvalue weighted by molar-refractivity contribution is -0.128. The van der Waals surface area contributed by atoms with Crippen molar-refractivity contribution in [1.29, 1.82) is 0 Å². The molecular formula is C11H9ClO3. The number of carbonyl (C=O) groups is 1. The number of benzene rings is 1. The van der Waals surface area contributed by atoms with E-state index < -0.39 is 0 Å². The molecule has 1 aromatic carbocycles. The summed E-state index contributed by atoms with van der Waals surface area (Å²) in [4.78, 5) is 9.94. The summed E-state index contributed by atoms with van der Waals surface area (Å²) in [5.74, 6) is 0.786. The van der Waals surface area contributed by atoms with Crippen molar-refractivity contribution in [1.82, 2.24) is 0 Å². The summed E-state index contributed by atoms with van der Waals surface area (Å²) in [7, 11) is 0. The van der Waals surface area contributed by atoms with Crippen molar-refractivity contribution in [2.24, 2.45) is 0 Å². The highest BCUT2D eigenvalue weighted by molar-refractivity contribution is 6.31. The third kappa shape index (κ3) is 2.30. The van der Waals surface area contributed by atoms with Crippen LogP contribution in [-0.2, 0) is 16.0 Å². The molecule has 0 fully saturated rings. The Balaban J connectivity index is 2.19. The van der Waals surface area contributed by atoms with Crippen LogP contribution in [0.5, 0.6) is 0 Å². The number of rotatable bonds is 4. The highest BCUT2D eigenvalue weighted by Gasteiger charge is 2.03. The minimum atomic E-state index is 0.330. The van der Waals surface area contributed by atoms with E-state index in [4.69, 9.17) is 16.0 Å². The fourth-order valence-corrected chi connectivity index (χ4v) is 1.55. The highest BCUT2D eigenvalue weighted by atomic mass is 35.5. The first-order chi connectivity index (χ1) is 7.29. The van der Waals surface area contributed by atoms with E-state index in [9.17, 15) is 4.79 Å². The molecule has 0 saturated carbocycles. The molecule has 0 spiro atoms. The number of halogens is 1. The lowest BCUT2D eigenvalue weighted by Crippen LogP contribution is -1.94. The summed E-state index contributed by atoms with van der Waals surface area (Å²) in [6.45, 7) is 0.760. The molecule has 2 rings (SSSR count). The number of carbonyl (C=O) groups excluding carboxylic acids is 1. The van der Waals surface area contributed by atoms with Gasteiger partial charge in [-0.1, -0.05) is 11.6 Å². The molecule has 0 N–H and O–H groups in total. The normalized spacial score (nSPS) is 10.5. The van der Waals surface area contributed by atoms with E-state index in [2.05, 4.69) is 4.74 Å². The Kier molecular flexibility index (Phi) is 2.92. The van der Waals surface area contributed by atoms with Gasteiger partial charge in [-0.05, 0) is 24.3 Å². The van der Waals surface area contributed by atoms with Crippen LogP contribution in [0.25, 0.3) is 11.0 Å². The topological polar surface area (TPSA) is 39.4 Å². The van der Waals surface area contributed by atoms with E-state index in [0.29, 0.717) is 24.5 Å². The van der Waals surface area contributed by atoms with Gasteiger partial charge in [0.25, 0.3) is 6.47 Å². The van der Waals surface area contributed by atoms with Gasteiger partial charge >= 0.3 is 0 Å². The summed E-state index contributed by atoms with van der Waals surface area (Å²) < 4.78 is 10.1. The molecular weight excluding hydrogens is 216 g/mol. The molecule has 78 valence electrons. The standard InChI is InChI=1S/C11H9ClO3/c12-9-2-1-8-5-10(3-4-14-7-13)15-11(8)6-9/h1-2,5-7H,3-4H2. The second-order valence-electron chi connectivity index (χ2n) is 3.11. The summed E-state index contributed by atoms with van der Waals surface area (Å²) in [5.41, 5.74) is 0.753. The van der Waals surface area contributed by atoms with Gasteiger partial charge in [-0.25, -0.2) is 0 Å². The fourth-order valence-electron chi connectivity index (χ4n) is 1.39. The molecule has 0 saturated heterocycles. The van der Waals surface area contributed by atoms with Crippen molar-refractivity contribution < 1.29 is 13.9 Å². The smallest absolute Gasteiger partial charge is 0.293 e. The van der Waals surface area contributed by atoms with Crippen molar-refractivity contribution in [3.05, 3.63) is 35.0 Å². The molecule has 0 unspecified atom stereocenters. The average Bonchev–Trinajstić information content (AvgIpc) is 2.60. The second-order valence-corrected chi connectivity index (χ2v) is 3.55. The largest absolute Gasteiger partial charge is 0.467 e. The van der Waals surface area contributed by atoms with Crippen LogP contribution in [0.15, 0.2) is 28.7 Å². The molecule has 0 amide bonds. The second kappa shape index (κ2) is 4.36. The minimum absolute atomic E-state index is 0.330. The Bertz CT molecular complexity index is 476. The van der Waals surface area contributed by atoms with Crippen molar-refractivity contribution in [2.75, 3.05) is 6.61 Å². The van der Waals surface area contributed by atoms with Crippen LogP contribution < -0.4 is 0 Å².